The van der Waals surface area contributed by atoms with Gasteiger partial charge in [0.25, 0.3) is 5.91 Å². The molecular weight excluding hydrogens is 304 g/mol. The van der Waals surface area contributed by atoms with Crippen LogP contribution in [-0.4, -0.2) is 40.8 Å². The van der Waals surface area contributed by atoms with Crippen molar-refractivity contribution in [1.82, 2.24) is 20.5 Å². The molecule has 2 aromatic heterocycles. The third-order valence-corrected chi connectivity index (χ3v) is 3.93. The third-order valence-electron chi connectivity index (χ3n) is 3.93. The standard InChI is InChI=1S/C18H20N4O2/c1-3-13(11-24-2)20-18(23)12-7-8-15-14(10-12)17(22-21-15)16-6-4-5-9-19-16/h4-10,13H,3,11H2,1-2H3,(H,20,23)(H,21,22). The number of aromatic nitrogens is 3. The SMILES string of the molecule is CCC(COC)NC(=O)c1ccc2[nH]nc(-c3ccccn3)c2c1. The number of hydrogen-bond donors (Lipinski definition) is 2. The van der Waals surface area contributed by atoms with Crippen molar-refractivity contribution >= 4 is 16.8 Å². The molecule has 1 atom stereocenters. The largest absolute Gasteiger partial charge is 0.383 e. The number of H-pyrrole nitrogens is 1. The second kappa shape index (κ2) is 7.23. The smallest absolute Gasteiger partial charge is 0.251 e. The molecule has 0 aliphatic carbocycles. The molecule has 0 fully saturated rings. The van der Waals surface area contributed by atoms with E-state index in [1.54, 1.807) is 19.4 Å². The number of fused-ring (bicyclic) bond motifs is 1. The van der Waals surface area contributed by atoms with Gasteiger partial charge >= 0.3 is 0 Å². The number of carbonyl (C=O) groups excluding carboxylic acids is 1. The Kier molecular flexibility index (Phi) is 4.86. The van der Waals surface area contributed by atoms with E-state index in [9.17, 15) is 4.79 Å². The molecule has 1 amide bonds. The lowest BCUT2D eigenvalue weighted by Gasteiger charge is -2.15. The van der Waals surface area contributed by atoms with Crippen LogP contribution in [0.2, 0.25) is 0 Å². The summed E-state index contributed by atoms with van der Waals surface area (Å²) in [5.41, 5.74) is 2.98. The summed E-state index contributed by atoms with van der Waals surface area (Å²) in [6.45, 7) is 2.51. The average Bonchev–Trinajstić information content (AvgIpc) is 3.05. The van der Waals surface area contributed by atoms with Crippen molar-refractivity contribution in [2.75, 3.05) is 13.7 Å². The van der Waals surface area contributed by atoms with E-state index < -0.39 is 0 Å². The minimum atomic E-state index is -0.117. The molecule has 2 N–H and O–H groups in total. The van der Waals surface area contributed by atoms with Gasteiger partial charge in [-0.1, -0.05) is 13.0 Å². The highest BCUT2D eigenvalue weighted by Crippen LogP contribution is 2.25. The molecule has 124 valence electrons. The highest BCUT2D eigenvalue weighted by Gasteiger charge is 2.15. The number of rotatable bonds is 6. The van der Waals surface area contributed by atoms with Crippen LogP contribution in [-0.2, 0) is 4.74 Å². The van der Waals surface area contributed by atoms with Crippen molar-refractivity contribution in [3.8, 4) is 11.4 Å². The number of amides is 1. The molecule has 1 aromatic carbocycles. The fraction of sp³-hybridized carbons (Fsp3) is 0.278. The van der Waals surface area contributed by atoms with E-state index in [-0.39, 0.29) is 11.9 Å². The maximum atomic E-state index is 12.5. The summed E-state index contributed by atoms with van der Waals surface area (Å²) in [7, 11) is 1.63. The molecule has 0 aliphatic rings. The van der Waals surface area contributed by atoms with Crippen molar-refractivity contribution in [2.24, 2.45) is 0 Å². The predicted octanol–water partition coefficient (Wildman–Crippen LogP) is 2.78. The lowest BCUT2D eigenvalue weighted by Crippen LogP contribution is -2.37. The summed E-state index contributed by atoms with van der Waals surface area (Å²) in [6.07, 6.45) is 2.54. The minimum Gasteiger partial charge on any atom is -0.383 e. The highest BCUT2D eigenvalue weighted by molar-refractivity contribution is 6.01. The second-order valence-electron chi connectivity index (χ2n) is 5.58. The van der Waals surface area contributed by atoms with Gasteiger partial charge in [-0.25, -0.2) is 0 Å². The molecule has 6 heteroatoms. The first kappa shape index (κ1) is 16.1. The summed E-state index contributed by atoms with van der Waals surface area (Å²) in [6, 6.07) is 11.2. The molecule has 0 bridgehead atoms. The van der Waals surface area contributed by atoms with Crippen molar-refractivity contribution in [3.63, 3.8) is 0 Å². The van der Waals surface area contributed by atoms with E-state index in [1.807, 2.05) is 37.3 Å². The monoisotopic (exact) mass is 324 g/mol. The van der Waals surface area contributed by atoms with Crippen LogP contribution in [0, 0.1) is 0 Å². The highest BCUT2D eigenvalue weighted by atomic mass is 16.5. The number of nitrogens with zero attached hydrogens (tertiary/aromatic N) is 2. The first-order valence-electron chi connectivity index (χ1n) is 7.92. The first-order chi connectivity index (χ1) is 11.7. The number of hydrogen-bond acceptors (Lipinski definition) is 4. The van der Waals surface area contributed by atoms with Crippen LogP contribution in [0.3, 0.4) is 0 Å². The summed E-state index contributed by atoms with van der Waals surface area (Å²) >= 11 is 0. The Morgan fingerprint density at radius 2 is 2.21 bits per heavy atom. The zero-order valence-electron chi connectivity index (χ0n) is 13.7. The molecule has 0 aliphatic heterocycles. The van der Waals surface area contributed by atoms with Crippen molar-refractivity contribution in [3.05, 3.63) is 48.2 Å². The molecule has 1 unspecified atom stereocenters. The molecule has 3 aromatic rings. The van der Waals surface area contributed by atoms with E-state index in [2.05, 4.69) is 20.5 Å². The van der Waals surface area contributed by atoms with Gasteiger partial charge in [-0.05, 0) is 36.8 Å². The van der Waals surface area contributed by atoms with Crippen LogP contribution >= 0.6 is 0 Å². The van der Waals surface area contributed by atoms with E-state index in [4.69, 9.17) is 4.74 Å². The van der Waals surface area contributed by atoms with E-state index in [0.717, 1.165) is 28.7 Å². The Morgan fingerprint density at radius 1 is 1.33 bits per heavy atom. The van der Waals surface area contributed by atoms with Gasteiger partial charge < -0.3 is 10.1 Å². The van der Waals surface area contributed by atoms with Gasteiger partial charge in [0.05, 0.1) is 23.9 Å². The van der Waals surface area contributed by atoms with Crippen LogP contribution in [0.5, 0.6) is 0 Å². The Bertz CT molecular complexity index is 829. The van der Waals surface area contributed by atoms with Gasteiger partial charge in [0.2, 0.25) is 0 Å². The van der Waals surface area contributed by atoms with Gasteiger partial charge in [0.1, 0.15) is 5.69 Å². The number of aromatic amines is 1. The van der Waals surface area contributed by atoms with Gasteiger partial charge in [-0.2, -0.15) is 5.10 Å². The maximum Gasteiger partial charge on any atom is 0.251 e. The van der Waals surface area contributed by atoms with Gasteiger partial charge in [-0.15, -0.1) is 0 Å². The molecule has 6 nitrogen and oxygen atoms in total. The lowest BCUT2D eigenvalue weighted by atomic mass is 10.1. The van der Waals surface area contributed by atoms with Gasteiger partial charge in [-0.3, -0.25) is 14.9 Å². The van der Waals surface area contributed by atoms with Crippen LogP contribution < -0.4 is 5.32 Å². The van der Waals surface area contributed by atoms with Crippen molar-refractivity contribution < 1.29 is 9.53 Å². The third kappa shape index (κ3) is 3.28. The van der Waals surface area contributed by atoms with E-state index in [0.29, 0.717) is 12.2 Å². The van der Waals surface area contributed by atoms with E-state index in [1.165, 1.54) is 0 Å². The summed E-state index contributed by atoms with van der Waals surface area (Å²) in [5, 5.41) is 11.2. The maximum absolute atomic E-state index is 12.5. The average molecular weight is 324 g/mol. The summed E-state index contributed by atoms with van der Waals surface area (Å²) in [4.78, 5) is 16.8. The van der Waals surface area contributed by atoms with Gasteiger partial charge in [0, 0.05) is 24.3 Å². The predicted molar refractivity (Wildman–Crippen MR) is 92.7 cm³/mol. The zero-order chi connectivity index (χ0) is 16.9. The molecular formula is C18H20N4O2. The molecule has 0 saturated carbocycles. The number of methoxy groups -OCH3 is 1. The normalized spacial score (nSPS) is 12.2. The Labute approximate surface area is 140 Å². The molecule has 2 heterocycles. The topological polar surface area (TPSA) is 79.9 Å². The van der Waals surface area contributed by atoms with E-state index >= 15 is 0 Å². The Hall–Kier alpha value is -2.73. The number of ether oxygens (including phenoxy) is 1. The number of carbonyl (C=O) groups is 1. The molecule has 0 saturated heterocycles. The second-order valence-corrected chi connectivity index (χ2v) is 5.58. The quantitative estimate of drug-likeness (QED) is 0.730. The minimum absolute atomic E-state index is 0.00203. The number of benzene rings is 1. The fourth-order valence-electron chi connectivity index (χ4n) is 2.58. The molecule has 0 spiro atoms. The van der Waals surface area contributed by atoms with Crippen LogP contribution in [0.15, 0.2) is 42.6 Å². The van der Waals surface area contributed by atoms with Crippen LogP contribution in [0.1, 0.15) is 23.7 Å². The number of pyridine rings is 1. The summed E-state index contributed by atoms with van der Waals surface area (Å²) in [5.74, 6) is -0.117. The zero-order valence-corrected chi connectivity index (χ0v) is 13.7. The van der Waals surface area contributed by atoms with Gasteiger partial charge in [0.15, 0.2) is 0 Å². The van der Waals surface area contributed by atoms with Crippen molar-refractivity contribution in [1.29, 1.82) is 0 Å². The number of nitrogens with one attached hydrogen (secondary N) is 2. The van der Waals surface area contributed by atoms with Crippen molar-refractivity contribution in [2.45, 2.75) is 19.4 Å². The molecule has 3 rings (SSSR count). The Balaban J connectivity index is 1.92. The first-order valence-corrected chi connectivity index (χ1v) is 7.92. The Morgan fingerprint density at radius 3 is 2.92 bits per heavy atom. The molecule has 0 radical (unpaired) electrons. The summed E-state index contributed by atoms with van der Waals surface area (Å²) < 4.78 is 5.13. The molecule has 24 heavy (non-hydrogen) atoms. The lowest BCUT2D eigenvalue weighted by molar-refractivity contribution is 0.0895. The van der Waals surface area contributed by atoms with Crippen LogP contribution in [0.25, 0.3) is 22.3 Å². The van der Waals surface area contributed by atoms with Crippen LogP contribution in [0.4, 0.5) is 0 Å². The fourth-order valence-corrected chi connectivity index (χ4v) is 2.58.